The summed E-state index contributed by atoms with van der Waals surface area (Å²) in [5.74, 6) is 1.24. The number of halogens is 1. The average molecular weight is 375 g/mol. The standard InChI is InChI=1S/C20H23ClN2O3/c1-2-25-18-9-5-6-10-19(18)26-15-20(24)23-13-11-22(12-14-23)17-8-4-3-7-16(17)21/h3-10H,2,11-15H2,1H3. The summed E-state index contributed by atoms with van der Waals surface area (Å²) in [6.45, 7) is 5.30. The molecule has 2 aromatic carbocycles. The van der Waals surface area contributed by atoms with E-state index in [0.717, 1.165) is 23.8 Å². The van der Waals surface area contributed by atoms with Crippen molar-refractivity contribution in [2.45, 2.75) is 6.92 Å². The van der Waals surface area contributed by atoms with Gasteiger partial charge in [0.2, 0.25) is 0 Å². The summed E-state index contributed by atoms with van der Waals surface area (Å²) < 4.78 is 11.2. The number of benzene rings is 2. The van der Waals surface area contributed by atoms with E-state index in [0.29, 0.717) is 31.2 Å². The van der Waals surface area contributed by atoms with Crippen LogP contribution in [0.15, 0.2) is 48.5 Å². The Balaban J connectivity index is 1.52. The minimum Gasteiger partial charge on any atom is -0.490 e. The molecular weight excluding hydrogens is 352 g/mol. The van der Waals surface area contributed by atoms with E-state index in [9.17, 15) is 4.79 Å². The van der Waals surface area contributed by atoms with E-state index in [1.54, 1.807) is 0 Å². The number of hydrogen-bond acceptors (Lipinski definition) is 4. The molecule has 0 spiro atoms. The first-order valence-electron chi connectivity index (χ1n) is 8.81. The molecule has 0 bridgehead atoms. The molecule has 1 fully saturated rings. The van der Waals surface area contributed by atoms with Crippen molar-refractivity contribution in [2.75, 3.05) is 44.3 Å². The molecule has 5 nitrogen and oxygen atoms in total. The first-order valence-corrected chi connectivity index (χ1v) is 9.18. The van der Waals surface area contributed by atoms with Gasteiger partial charge in [-0.3, -0.25) is 4.79 Å². The van der Waals surface area contributed by atoms with Crippen LogP contribution >= 0.6 is 11.6 Å². The summed E-state index contributed by atoms with van der Waals surface area (Å²) >= 11 is 6.26. The van der Waals surface area contributed by atoms with Crippen LogP contribution in [0, 0.1) is 0 Å². The van der Waals surface area contributed by atoms with Crippen molar-refractivity contribution in [3.8, 4) is 11.5 Å². The third-order valence-corrected chi connectivity index (χ3v) is 4.65. The summed E-state index contributed by atoms with van der Waals surface area (Å²) in [7, 11) is 0. The molecule has 1 amide bonds. The zero-order valence-corrected chi connectivity index (χ0v) is 15.6. The number of para-hydroxylation sites is 3. The molecule has 0 atom stereocenters. The number of amides is 1. The minimum absolute atomic E-state index is 0.0101. The molecule has 3 rings (SSSR count). The van der Waals surface area contributed by atoms with E-state index < -0.39 is 0 Å². The minimum atomic E-state index is -0.0184. The van der Waals surface area contributed by atoms with Gasteiger partial charge in [-0.15, -0.1) is 0 Å². The molecule has 26 heavy (non-hydrogen) atoms. The van der Waals surface area contributed by atoms with Gasteiger partial charge in [0.05, 0.1) is 17.3 Å². The van der Waals surface area contributed by atoms with Crippen molar-refractivity contribution in [3.05, 3.63) is 53.6 Å². The number of ether oxygens (including phenoxy) is 2. The molecule has 0 unspecified atom stereocenters. The highest BCUT2D eigenvalue weighted by Gasteiger charge is 2.22. The zero-order chi connectivity index (χ0) is 18.4. The number of carbonyl (C=O) groups excluding carboxylic acids is 1. The Morgan fingerprint density at radius 3 is 2.23 bits per heavy atom. The van der Waals surface area contributed by atoms with E-state index in [4.69, 9.17) is 21.1 Å². The van der Waals surface area contributed by atoms with Crippen molar-refractivity contribution in [1.82, 2.24) is 4.90 Å². The number of hydrogen-bond donors (Lipinski definition) is 0. The molecule has 1 aliphatic rings. The monoisotopic (exact) mass is 374 g/mol. The van der Waals surface area contributed by atoms with Crippen LogP contribution in [-0.2, 0) is 4.79 Å². The molecule has 0 aliphatic carbocycles. The number of nitrogens with zero attached hydrogens (tertiary/aromatic N) is 2. The molecule has 138 valence electrons. The average Bonchev–Trinajstić information content (AvgIpc) is 2.68. The molecule has 0 radical (unpaired) electrons. The van der Waals surface area contributed by atoms with Gasteiger partial charge >= 0.3 is 0 Å². The van der Waals surface area contributed by atoms with E-state index in [1.165, 1.54) is 0 Å². The lowest BCUT2D eigenvalue weighted by Crippen LogP contribution is -2.50. The van der Waals surface area contributed by atoms with Gasteiger partial charge in [-0.05, 0) is 31.2 Å². The molecular formula is C20H23ClN2O3. The Hall–Kier alpha value is -2.40. The van der Waals surface area contributed by atoms with E-state index in [-0.39, 0.29) is 12.5 Å². The normalized spacial score (nSPS) is 14.2. The van der Waals surface area contributed by atoms with Gasteiger partial charge in [0.25, 0.3) is 5.91 Å². The Bertz CT molecular complexity index is 745. The predicted octanol–water partition coefficient (Wildman–Crippen LogP) is 3.47. The van der Waals surface area contributed by atoms with Crippen molar-refractivity contribution < 1.29 is 14.3 Å². The van der Waals surface area contributed by atoms with E-state index in [1.807, 2.05) is 60.4 Å². The van der Waals surface area contributed by atoms with Gasteiger partial charge < -0.3 is 19.3 Å². The van der Waals surface area contributed by atoms with Crippen molar-refractivity contribution in [1.29, 1.82) is 0 Å². The van der Waals surface area contributed by atoms with Crippen molar-refractivity contribution in [3.63, 3.8) is 0 Å². The highest BCUT2D eigenvalue weighted by Crippen LogP contribution is 2.27. The Morgan fingerprint density at radius 1 is 0.962 bits per heavy atom. The Labute approximate surface area is 159 Å². The van der Waals surface area contributed by atoms with Gasteiger partial charge in [0.1, 0.15) is 0 Å². The lowest BCUT2D eigenvalue weighted by molar-refractivity contribution is -0.133. The number of rotatable bonds is 6. The predicted molar refractivity (Wildman–Crippen MR) is 103 cm³/mol. The van der Waals surface area contributed by atoms with E-state index >= 15 is 0 Å². The smallest absolute Gasteiger partial charge is 0.260 e. The second kappa shape index (κ2) is 8.81. The lowest BCUT2D eigenvalue weighted by atomic mass is 10.2. The van der Waals surface area contributed by atoms with Crippen LogP contribution in [0.3, 0.4) is 0 Å². The molecule has 0 saturated carbocycles. The molecule has 0 N–H and O–H groups in total. The van der Waals surface area contributed by atoms with Gasteiger partial charge in [0, 0.05) is 26.2 Å². The Kier molecular flexibility index (Phi) is 6.23. The van der Waals surface area contributed by atoms with Crippen LogP contribution in [-0.4, -0.2) is 50.2 Å². The van der Waals surface area contributed by atoms with Gasteiger partial charge in [-0.2, -0.15) is 0 Å². The maximum atomic E-state index is 12.5. The fraction of sp³-hybridized carbons (Fsp3) is 0.350. The van der Waals surface area contributed by atoms with Gasteiger partial charge in [0.15, 0.2) is 18.1 Å². The van der Waals surface area contributed by atoms with Crippen LogP contribution in [0.5, 0.6) is 11.5 Å². The number of anilines is 1. The topological polar surface area (TPSA) is 42.0 Å². The summed E-state index contributed by atoms with van der Waals surface area (Å²) in [6.07, 6.45) is 0. The summed E-state index contributed by atoms with van der Waals surface area (Å²) in [5, 5.41) is 0.739. The van der Waals surface area contributed by atoms with Crippen LogP contribution in [0.1, 0.15) is 6.92 Å². The Morgan fingerprint density at radius 2 is 1.58 bits per heavy atom. The summed E-state index contributed by atoms with van der Waals surface area (Å²) in [4.78, 5) is 16.5. The number of carbonyl (C=O) groups is 1. The fourth-order valence-corrected chi connectivity index (χ4v) is 3.24. The highest BCUT2D eigenvalue weighted by atomic mass is 35.5. The first-order chi connectivity index (χ1) is 12.7. The molecule has 6 heteroatoms. The molecule has 1 heterocycles. The van der Waals surface area contributed by atoms with Crippen molar-refractivity contribution >= 4 is 23.2 Å². The lowest BCUT2D eigenvalue weighted by Gasteiger charge is -2.36. The molecule has 0 aromatic heterocycles. The molecule has 2 aromatic rings. The van der Waals surface area contributed by atoms with Crippen LogP contribution in [0.25, 0.3) is 0 Å². The maximum absolute atomic E-state index is 12.5. The zero-order valence-electron chi connectivity index (χ0n) is 14.9. The second-order valence-corrected chi connectivity index (χ2v) is 6.39. The quantitative estimate of drug-likeness (QED) is 0.776. The number of piperazine rings is 1. The third kappa shape index (κ3) is 4.41. The third-order valence-electron chi connectivity index (χ3n) is 4.33. The van der Waals surface area contributed by atoms with Crippen LogP contribution in [0.4, 0.5) is 5.69 Å². The largest absolute Gasteiger partial charge is 0.490 e. The van der Waals surface area contributed by atoms with E-state index in [2.05, 4.69) is 4.90 Å². The summed E-state index contributed by atoms with van der Waals surface area (Å²) in [5.41, 5.74) is 1.02. The SMILES string of the molecule is CCOc1ccccc1OCC(=O)N1CCN(c2ccccc2Cl)CC1. The van der Waals surface area contributed by atoms with Gasteiger partial charge in [-0.1, -0.05) is 35.9 Å². The molecule has 1 aliphatic heterocycles. The van der Waals surface area contributed by atoms with Gasteiger partial charge in [-0.25, -0.2) is 0 Å². The first kappa shape index (κ1) is 18.4. The van der Waals surface area contributed by atoms with Crippen LogP contribution in [0.2, 0.25) is 5.02 Å². The van der Waals surface area contributed by atoms with Crippen LogP contribution < -0.4 is 14.4 Å². The second-order valence-electron chi connectivity index (χ2n) is 5.99. The fourth-order valence-electron chi connectivity index (χ4n) is 2.98. The summed E-state index contributed by atoms with van der Waals surface area (Å²) in [6, 6.07) is 15.2. The van der Waals surface area contributed by atoms with Crippen molar-refractivity contribution in [2.24, 2.45) is 0 Å². The highest BCUT2D eigenvalue weighted by molar-refractivity contribution is 6.33. The maximum Gasteiger partial charge on any atom is 0.260 e. The molecule has 1 saturated heterocycles.